The predicted molar refractivity (Wildman–Crippen MR) is 154 cm³/mol. The van der Waals surface area contributed by atoms with Gasteiger partial charge in [0.15, 0.2) is 10.7 Å². The SMILES string of the molecule is COc1ccc(-c2nc3ccccc3o2)cc1NC(=S)NC(=O)C=Cc1ccc(-c2cccc(Cl)c2Cl)o1. The van der Waals surface area contributed by atoms with Gasteiger partial charge in [0, 0.05) is 17.2 Å². The van der Waals surface area contributed by atoms with Gasteiger partial charge in [0.25, 0.3) is 0 Å². The van der Waals surface area contributed by atoms with Crippen molar-refractivity contribution in [3.63, 3.8) is 0 Å². The number of amides is 1. The van der Waals surface area contributed by atoms with Gasteiger partial charge in [-0.15, -0.1) is 0 Å². The van der Waals surface area contributed by atoms with Gasteiger partial charge < -0.3 is 18.9 Å². The number of hydrogen-bond acceptors (Lipinski definition) is 6. The molecule has 0 saturated carbocycles. The van der Waals surface area contributed by atoms with Crippen LogP contribution in [0.15, 0.2) is 87.7 Å². The highest BCUT2D eigenvalue weighted by Crippen LogP contribution is 2.35. The summed E-state index contributed by atoms with van der Waals surface area (Å²) in [5.74, 6) is 1.51. The van der Waals surface area contributed by atoms with E-state index in [9.17, 15) is 4.79 Å². The molecule has 2 N–H and O–H groups in total. The van der Waals surface area contributed by atoms with Crippen molar-refractivity contribution in [2.24, 2.45) is 0 Å². The summed E-state index contributed by atoms with van der Waals surface area (Å²) in [7, 11) is 1.54. The minimum absolute atomic E-state index is 0.0820. The van der Waals surface area contributed by atoms with Crippen LogP contribution in [0.2, 0.25) is 10.0 Å². The molecule has 0 fully saturated rings. The lowest BCUT2D eigenvalue weighted by atomic mass is 10.2. The number of methoxy groups -OCH3 is 1. The summed E-state index contributed by atoms with van der Waals surface area (Å²) in [6, 6.07) is 21.6. The van der Waals surface area contributed by atoms with Gasteiger partial charge in [-0.05, 0) is 72.9 Å². The van der Waals surface area contributed by atoms with E-state index in [1.54, 1.807) is 42.5 Å². The van der Waals surface area contributed by atoms with Gasteiger partial charge in [-0.3, -0.25) is 10.1 Å². The van der Waals surface area contributed by atoms with Crippen LogP contribution in [0.5, 0.6) is 5.75 Å². The van der Waals surface area contributed by atoms with E-state index in [1.165, 1.54) is 19.3 Å². The lowest BCUT2D eigenvalue weighted by Gasteiger charge is -2.13. The number of carbonyl (C=O) groups excluding carboxylic acids is 1. The molecule has 190 valence electrons. The fraction of sp³-hybridized carbons (Fsp3) is 0.0357. The van der Waals surface area contributed by atoms with Crippen LogP contribution in [-0.2, 0) is 4.79 Å². The van der Waals surface area contributed by atoms with Gasteiger partial charge in [0.05, 0.1) is 22.8 Å². The molecule has 0 bridgehead atoms. The number of thiocarbonyl (C=S) groups is 1. The summed E-state index contributed by atoms with van der Waals surface area (Å²) in [6.45, 7) is 0. The summed E-state index contributed by atoms with van der Waals surface area (Å²) in [5, 5.41) is 6.50. The van der Waals surface area contributed by atoms with Crippen molar-refractivity contribution < 1.29 is 18.4 Å². The first-order valence-electron chi connectivity index (χ1n) is 11.3. The maximum atomic E-state index is 12.5. The Bertz CT molecular complexity index is 1660. The van der Waals surface area contributed by atoms with Crippen molar-refractivity contribution >= 4 is 69.3 Å². The van der Waals surface area contributed by atoms with Crippen LogP contribution in [-0.4, -0.2) is 23.1 Å². The van der Waals surface area contributed by atoms with E-state index in [1.807, 2.05) is 30.3 Å². The lowest BCUT2D eigenvalue weighted by Crippen LogP contribution is -2.32. The zero-order chi connectivity index (χ0) is 26.6. The zero-order valence-electron chi connectivity index (χ0n) is 19.8. The lowest BCUT2D eigenvalue weighted by molar-refractivity contribution is -0.115. The number of nitrogens with zero attached hydrogens (tertiary/aromatic N) is 1. The maximum Gasteiger partial charge on any atom is 0.250 e. The molecule has 3 aromatic carbocycles. The Morgan fingerprint density at radius 1 is 1.03 bits per heavy atom. The number of rotatable bonds is 6. The second kappa shape index (κ2) is 11.1. The molecule has 0 atom stereocenters. The number of furan rings is 1. The van der Waals surface area contributed by atoms with Gasteiger partial charge in [-0.2, -0.15) is 0 Å². The number of anilines is 1. The van der Waals surface area contributed by atoms with E-state index in [2.05, 4.69) is 15.6 Å². The van der Waals surface area contributed by atoms with Crippen LogP contribution >= 0.6 is 35.4 Å². The molecule has 7 nitrogen and oxygen atoms in total. The number of fused-ring (bicyclic) bond motifs is 1. The van der Waals surface area contributed by atoms with Gasteiger partial charge in [0.1, 0.15) is 22.8 Å². The first kappa shape index (κ1) is 25.5. The Morgan fingerprint density at radius 3 is 2.68 bits per heavy atom. The first-order valence-corrected chi connectivity index (χ1v) is 12.5. The summed E-state index contributed by atoms with van der Waals surface area (Å²) in [6.07, 6.45) is 2.83. The average Bonchev–Trinajstić information content (AvgIpc) is 3.56. The number of para-hydroxylation sites is 2. The largest absolute Gasteiger partial charge is 0.495 e. The molecule has 0 saturated heterocycles. The number of oxazole rings is 1. The Hall–Kier alpha value is -4.11. The number of carbonyl (C=O) groups is 1. The van der Waals surface area contributed by atoms with Crippen LogP contribution in [0, 0.1) is 0 Å². The van der Waals surface area contributed by atoms with E-state index in [0.29, 0.717) is 55.6 Å². The minimum atomic E-state index is -0.449. The van der Waals surface area contributed by atoms with Crippen LogP contribution < -0.4 is 15.4 Å². The van der Waals surface area contributed by atoms with Gasteiger partial charge >= 0.3 is 0 Å². The van der Waals surface area contributed by atoms with Gasteiger partial charge in [-0.25, -0.2) is 4.98 Å². The fourth-order valence-electron chi connectivity index (χ4n) is 3.68. The van der Waals surface area contributed by atoms with Crippen molar-refractivity contribution in [2.75, 3.05) is 12.4 Å². The number of ether oxygens (including phenoxy) is 1. The molecule has 0 aliphatic carbocycles. The van der Waals surface area contributed by atoms with Crippen LogP contribution in [0.25, 0.3) is 40.0 Å². The van der Waals surface area contributed by atoms with E-state index in [4.69, 9.17) is 49.0 Å². The smallest absolute Gasteiger partial charge is 0.250 e. The summed E-state index contributed by atoms with van der Waals surface area (Å²) in [4.78, 5) is 17.0. The molecule has 0 spiro atoms. The van der Waals surface area contributed by atoms with Crippen molar-refractivity contribution in [3.05, 3.63) is 94.7 Å². The van der Waals surface area contributed by atoms with E-state index in [-0.39, 0.29) is 5.11 Å². The minimum Gasteiger partial charge on any atom is -0.495 e. The topological polar surface area (TPSA) is 89.5 Å². The standard InChI is InChI=1S/C28H19Cl2N3O4S/c1-35-23-12-9-16(27-31-20-7-2-3-8-24(20)37-27)15-21(23)32-28(38)33-25(34)14-11-17-10-13-22(36-17)18-5-4-6-19(29)26(18)30/h2-15H,1H3,(H2,32,33,34,38). The molecular formula is C28H19Cl2N3O4S. The summed E-state index contributed by atoms with van der Waals surface area (Å²) in [5.41, 5.74) is 3.34. The normalized spacial score (nSPS) is 11.1. The third-order valence-corrected chi connectivity index (χ3v) is 6.49. The molecular weight excluding hydrogens is 545 g/mol. The van der Waals surface area contributed by atoms with Crippen LogP contribution in [0.1, 0.15) is 5.76 Å². The highest BCUT2D eigenvalue weighted by Gasteiger charge is 2.14. The maximum absolute atomic E-state index is 12.5. The van der Waals surface area contributed by atoms with Gasteiger partial charge in [0.2, 0.25) is 11.8 Å². The molecule has 0 aliphatic heterocycles. The second-order valence-corrected chi connectivity index (χ2v) is 9.18. The van der Waals surface area contributed by atoms with Crippen LogP contribution in [0.4, 0.5) is 5.69 Å². The molecule has 5 rings (SSSR count). The number of aromatic nitrogens is 1. The molecule has 0 radical (unpaired) electrons. The zero-order valence-corrected chi connectivity index (χ0v) is 22.2. The second-order valence-electron chi connectivity index (χ2n) is 7.98. The highest BCUT2D eigenvalue weighted by atomic mass is 35.5. The number of nitrogens with one attached hydrogen (secondary N) is 2. The third kappa shape index (κ3) is 5.57. The molecule has 2 heterocycles. The van der Waals surface area contributed by atoms with E-state index in [0.717, 1.165) is 5.52 Å². The van der Waals surface area contributed by atoms with Gasteiger partial charge in [-0.1, -0.05) is 41.4 Å². The fourth-order valence-corrected chi connectivity index (χ4v) is 4.28. The molecule has 0 unspecified atom stereocenters. The Balaban J connectivity index is 1.26. The number of hydrogen-bond donors (Lipinski definition) is 2. The number of halogens is 2. The molecule has 10 heteroatoms. The summed E-state index contributed by atoms with van der Waals surface area (Å²) >= 11 is 17.7. The van der Waals surface area contributed by atoms with Crippen molar-refractivity contribution in [1.29, 1.82) is 0 Å². The highest BCUT2D eigenvalue weighted by molar-refractivity contribution is 7.80. The Labute approximate surface area is 233 Å². The molecule has 5 aromatic rings. The third-order valence-electron chi connectivity index (χ3n) is 5.47. The monoisotopic (exact) mass is 563 g/mol. The molecule has 0 aliphatic rings. The van der Waals surface area contributed by atoms with Crippen molar-refractivity contribution in [2.45, 2.75) is 0 Å². The average molecular weight is 564 g/mol. The first-order chi connectivity index (χ1) is 18.4. The van der Waals surface area contributed by atoms with E-state index >= 15 is 0 Å². The quantitative estimate of drug-likeness (QED) is 0.162. The Morgan fingerprint density at radius 2 is 1.87 bits per heavy atom. The van der Waals surface area contributed by atoms with Crippen molar-refractivity contribution in [1.82, 2.24) is 10.3 Å². The number of benzene rings is 3. The van der Waals surface area contributed by atoms with Crippen LogP contribution in [0.3, 0.4) is 0 Å². The molecule has 1 amide bonds. The van der Waals surface area contributed by atoms with E-state index < -0.39 is 5.91 Å². The summed E-state index contributed by atoms with van der Waals surface area (Å²) < 4.78 is 17.1. The molecule has 2 aromatic heterocycles. The van der Waals surface area contributed by atoms with Crippen molar-refractivity contribution in [3.8, 4) is 28.5 Å². The Kier molecular flexibility index (Phi) is 7.46. The predicted octanol–water partition coefficient (Wildman–Crippen LogP) is 7.60. The molecule has 38 heavy (non-hydrogen) atoms.